The second kappa shape index (κ2) is 5.59. The molecule has 0 radical (unpaired) electrons. The average Bonchev–Trinajstić information content (AvgIpc) is 2.53. The van der Waals surface area contributed by atoms with Crippen molar-refractivity contribution >= 4 is 23.2 Å². The van der Waals surface area contributed by atoms with E-state index in [0.29, 0.717) is 18.1 Å². The number of anilines is 1. The molecule has 0 aromatic heterocycles. The Bertz CT molecular complexity index is 450. The second-order valence-electron chi connectivity index (χ2n) is 4.52. The van der Waals surface area contributed by atoms with Crippen molar-refractivity contribution in [3.63, 3.8) is 0 Å². The minimum absolute atomic E-state index is 0.00521. The van der Waals surface area contributed by atoms with Crippen LogP contribution in [-0.4, -0.2) is 31.6 Å². The SMILES string of the molecule is Cc1ccc(Cl)cc1N1CCCNC(=O)C1CN. The van der Waals surface area contributed by atoms with E-state index in [9.17, 15) is 4.79 Å². The maximum Gasteiger partial charge on any atom is 0.244 e. The van der Waals surface area contributed by atoms with Gasteiger partial charge in [-0.1, -0.05) is 17.7 Å². The van der Waals surface area contributed by atoms with Crippen LogP contribution in [0.5, 0.6) is 0 Å². The molecule has 1 aromatic rings. The number of nitrogens with one attached hydrogen (secondary N) is 1. The van der Waals surface area contributed by atoms with Crippen molar-refractivity contribution in [1.29, 1.82) is 0 Å². The Balaban J connectivity index is 2.38. The number of rotatable bonds is 2. The molecule has 5 heteroatoms. The first-order valence-corrected chi connectivity index (χ1v) is 6.52. The summed E-state index contributed by atoms with van der Waals surface area (Å²) in [6, 6.07) is 5.41. The molecule has 18 heavy (non-hydrogen) atoms. The summed E-state index contributed by atoms with van der Waals surface area (Å²) in [4.78, 5) is 14.0. The zero-order chi connectivity index (χ0) is 13.1. The Labute approximate surface area is 112 Å². The Hall–Kier alpha value is -1.26. The van der Waals surface area contributed by atoms with E-state index in [1.165, 1.54) is 0 Å². The van der Waals surface area contributed by atoms with Crippen LogP contribution in [0, 0.1) is 6.92 Å². The Morgan fingerprint density at radius 2 is 2.33 bits per heavy atom. The molecule has 0 aliphatic carbocycles. The highest BCUT2D eigenvalue weighted by Crippen LogP contribution is 2.26. The van der Waals surface area contributed by atoms with E-state index in [-0.39, 0.29) is 11.9 Å². The molecule has 1 atom stereocenters. The lowest BCUT2D eigenvalue weighted by molar-refractivity contribution is -0.121. The van der Waals surface area contributed by atoms with Crippen LogP contribution < -0.4 is 16.0 Å². The first-order chi connectivity index (χ1) is 8.63. The zero-order valence-electron chi connectivity index (χ0n) is 10.4. The third kappa shape index (κ3) is 2.60. The van der Waals surface area contributed by atoms with Crippen LogP contribution in [0.4, 0.5) is 5.69 Å². The lowest BCUT2D eigenvalue weighted by atomic mass is 10.1. The molecule has 0 spiro atoms. The minimum atomic E-state index is -0.315. The lowest BCUT2D eigenvalue weighted by Crippen LogP contribution is -2.49. The van der Waals surface area contributed by atoms with Crippen molar-refractivity contribution in [1.82, 2.24) is 5.32 Å². The van der Waals surface area contributed by atoms with Crippen LogP contribution in [0.3, 0.4) is 0 Å². The highest BCUT2D eigenvalue weighted by atomic mass is 35.5. The van der Waals surface area contributed by atoms with Gasteiger partial charge >= 0.3 is 0 Å². The van der Waals surface area contributed by atoms with E-state index in [4.69, 9.17) is 17.3 Å². The van der Waals surface area contributed by atoms with Crippen LogP contribution in [0.25, 0.3) is 0 Å². The van der Waals surface area contributed by atoms with E-state index >= 15 is 0 Å². The molecule has 4 nitrogen and oxygen atoms in total. The molecule has 1 amide bonds. The van der Waals surface area contributed by atoms with Crippen molar-refractivity contribution in [3.05, 3.63) is 28.8 Å². The number of nitrogens with two attached hydrogens (primary N) is 1. The van der Waals surface area contributed by atoms with Gasteiger partial charge in [-0.3, -0.25) is 4.79 Å². The van der Waals surface area contributed by atoms with Crippen LogP contribution in [0.1, 0.15) is 12.0 Å². The zero-order valence-corrected chi connectivity index (χ0v) is 11.2. The monoisotopic (exact) mass is 267 g/mol. The van der Waals surface area contributed by atoms with Gasteiger partial charge in [0.1, 0.15) is 6.04 Å². The molecule has 1 aliphatic heterocycles. The summed E-state index contributed by atoms with van der Waals surface area (Å²) in [7, 11) is 0. The van der Waals surface area contributed by atoms with Gasteiger partial charge in [0.05, 0.1) is 0 Å². The molecular weight excluding hydrogens is 250 g/mol. The van der Waals surface area contributed by atoms with Crippen LogP contribution in [0.15, 0.2) is 18.2 Å². The number of aryl methyl sites for hydroxylation is 1. The Kier molecular flexibility index (Phi) is 4.09. The quantitative estimate of drug-likeness (QED) is 0.849. The van der Waals surface area contributed by atoms with Gasteiger partial charge in [0.25, 0.3) is 0 Å². The van der Waals surface area contributed by atoms with E-state index in [1.807, 2.05) is 25.1 Å². The minimum Gasteiger partial charge on any atom is -0.358 e. The van der Waals surface area contributed by atoms with Crippen molar-refractivity contribution in [2.75, 3.05) is 24.5 Å². The van der Waals surface area contributed by atoms with E-state index in [2.05, 4.69) is 10.2 Å². The highest BCUT2D eigenvalue weighted by Gasteiger charge is 2.27. The van der Waals surface area contributed by atoms with Gasteiger partial charge in [0.2, 0.25) is 5.91 Å². The fourth-order valence-corrected chi connectivity index (χ4v) is 2.46. The number of benzene rings is 1. The fraction of sp³-hybridized carbons (Fsp3) is 0.462. The van der Waals surface area contributed by atoms with Crippen molar-refractivity contribution in [3.8, 4) is 0 Å². The third-order valence-corrected chi connectivity index (χ3v) is 3.49. The lowest BCUT2D eigenvalue weighted by Gasteiger charge is -2.31. The smallest absolute Gasteiger partial charge is 0.244 e. The number of halogens is 1. The molecule has 3 N–H and O–H groups in total. The predicted octanol–water partition coefficient (Wildman–Crippen LogP) is 1.30. The summed E-state index contributed by atoms with van der Waals surface area (Å²) in [6.07, 6.45) is 0.911. The summed E-state index contributed by atoms with van der Waals surface area (Å²) in [5.41, 5.74) is 7.84. The maximum atomic E-state index is 12.0. The molecule has 2 rings (SSSR count). The molecule has 1 saturated heterocycles. The largest absolute Gasteiger partial charge is 0.358 e. The van der Waals surface area contributed by atoms with Gasteiger partial charge in [0, 0.05) is 30.3 Å². The molecule has 1 heterocycles. The number of hydrogen-bond acceptors (Lipinski definition) is 3. The van der Waals surface area contributed by atoms with Gasteiger partial charge in [0.15, 0.2) is 0 Å². The van der Waals surface area contributed by atoms with Gasteiger partial charge in [-0.15, -0.1) is 0 Å². The number of carbonyl (C=O) groups is 1. The molecular formula is C13H18ClN3O. The number of amides is 1. The van der Waals surface area contributed by atoms with E-state index in [0.717, 1.165) is 24.2 Å². The summed E-state index contributed by atoms with van der Waals surface area (Å²) >= 11 is 6.05. The van der Waals surface area contributed by atoms with E-state index < -0.39 is 0 Å². The van der Waals surface area contributed by atoms with Crippen molar-refractivity contribution in [2.24, 2.45) is 5.73 Å². The van der Waals surface area contributed by atoms with Gasteiger partial charge in [-0.25, -0.2) is 0 Å². The molecule has 1 fully saturated rings. The summed E-state index contributed by atoms with van der Waals surface area (Å²) in [6.45, 7) is 3.83. The van der Waals surface area contributed by atoms with Crippen LogP contribution in [-0.2, 0) is 4.79 Å². The number of nitrogens with zero attached hydrogens (tertiary/aromatic N) is 1. The fourth-order valence-electron chi connectivity index (χ4n) is 2.29. The Morgan fingerprint density at radius 1 is 1.56 bits per heavy atom. The predicted molar refractivity (Wildman–Crippen MR) is 74.0 cm³/mol. The van der Waals surface area contributed by atoms with E-state index in [1.54, 1.807) is 0 Å². The topological polar surface area (TPSA) is 58.4 Å². The number of hydrogen-bond donors (Lipinski definition) is 2. The second-order valence-corrected chi connectivity index (χ2v) is 4.96. The third-order valence-electron chi connectivity index (χ3n) is 3.26. The summed E-state index contributed by atoms with van der Waals surface area (Å²) < 4.78 is 0. The summed E-state index contributed by atoms with van der Waals surface area (Å²) in [5, 5.41) is 3.56. The molecule has 98 valence electrons. The highest BCUT2D eigenvalue weighted by molar-refractivity contribution is 6.30. The molecule has 1 unspecified atom stereocenters. The number of carbonyl (C=O) groups excluding carboxylic acids is 1. The molecule has 0 saturated carbocycles. The van der Waals surface area contributed by atoms with Crippen molar-refractivity contribution < 1.29 is 4.79 Å². The molecule has 1 aromatic carbocycles. The average molecular weight is 268 g/mol. The standard InChI is InChI=1S/C13H18ClN3O/c1-9-3-4-10(14)7-11(9)17-6-2-5-16-13(18)12(17)8-15/h3-4,7,12H,2,5-6,8,15H2,1H3,(H,16,18). The normalized spacial score (nSPS) is 20.5. The molecule has 1 aliphatic rings. The first-order valence-electron chi connectivity index (χ1n) is 6.14. The van der Waals surface area contributed by atoms with Crippen LogP contribution in [0.2, 0.25) is 5.02 Å². The molecule has 0 bridgehead atoms. The summed E-state index contributed by atoms with van der Waals surface area (Å²) in [5.74, 6) is -0.00521. The van der Waals surface area contributed by atoms with Gasteiger partial charge in [-0.2, -0.15) is 0 Å². The van der Waals surface area contributed by atoms with Crippen molar-refractivity contribution in [2.45, 2.75) is 19.4 Å². The maximum absolute atomic E-state index is 12.0. The van der Waals surface area contributed by atoms with Crippen LogP contribution >= 0.6 is 11.6 Å². The van der Waals surface area contributed by atoms with Gasteiger partial charge in [-0.05, 0) is 31.0 Å². The first kappa shape index (κ1) is 13.2. The van der Waals surface area contributed by atoms with Gasteiger partial charge < -0.3 is 16.0 Å². The Morgan fingerprint density at radius 3 is 3.06 bits per heavy atom.